The highest BCUT2D eigenvalue weighted by Crippen LogP contribution is 2.63. The van der Waals surface area contributed by atoms with Gasteiger partial charge in [-0.3, -0.25) is 4.79 Å². The first kappa shape index (κ1) is 15.6. The van der Waals surface area contributed by atoms with Crippen molar-refractivity contribution in [1.82, 2.24) is 0 Å². The van der Waals surface area contributed by atoms with Crippen molar-refractivity contribution in [3.63, 3.8) is 0 Å². The van der Waals surface area contributed by atoms with Crippen LogP contribution in [0.15, 0.2) is 23.3 Å². The van der Waals surface area contributed by atoms with Crippen molar-refractivity contribution in [2.24, 2.45) is 22.7 Å². The smallest absolute Gasteiger partial charge is 0.156 e. The van der Waals surface area contributed by atoms with E-state index in [2.05, 4.69) is 19.9 Å². The maximum absolute atomic E-state index is 12.1. The highest BCUT2D eigenvalue weighted by molar-refractivity contribution is 5.94. The average molecular weight is 316 g/mol. The zero-order valence-electron chi connectivity index (χ0n) is 14.5. The molecule has 3 nitrogen and oxygen atoms in total. The van der Waals surface area contributed by atoms with E-state index in [4.69, 9.17) is 4.74 Å². The van der Waals surface area contributed by atoms with E-state index in [0.29, 0.717) is 18.3 Å². The van der Waals surface area contributed by atoms with E-state index in [1.54, 1.807) is 7.11 Å². The number of aliphatic hydroxyl groups excluding tert-OH is 1. The molecule has 0 heterocycles. The van der Waals surface area contributed by atoms with Gasteiger partial charge in [0.05, 0.1) is 12.2 Å². The van der Waals surface area contributed by atoms with Crippen LogP contribution in [0.5, 0.6) is 0 Å². The number of hydrogen-bond acceptors (Lipinski definition) is 3. The van der Waals surface area contributed by atoms with Gasteiger partial charge in [0.25, 0.3) is 0 Å². The third-order valence-corrected chi connectivity index (χ3v) is 7.53. The number of aliphatic hydroxyl groups is 1. The second kappa shape index (κ2) is 5.03. The van der Waals surface area contributed by atoms with Crippen LogP contribution in [0.1, 0.15) is 52.4 Å². The van der Waals surface area contributed by atoms with Crippen molar-refractivity contribution in [2.45, 2.75) is 64.6 Å². The third-order valence-electron chi connectivity index (χ3n) is 7.53. The molecule has 6 atom stereocenters. The van der Waals surface area contributed by atoms with Gasteiger partial charge < -0.3 is 9.84 Å². The van der Waals surface area contributed by atoms with E-state index in [0.717, 1.165) is 32.1 Å². The van der Waals surface area contributed by atoms with Gasteiger partial charge in [-0.05, 0) is 55.4 Å². The van der Waals surface area contributed by atoms with Gasteiger partial charge in [0, 0.05) is 18.9 Å². The van der Waals surface area contributed by atoms with Crippen LogP contribution >= 0.6 is 0 Å². The molecule has 126 valence electrons. The van der Waals surface area contributed by atoms with Crippen molar-refractivity contribution >= 4 is 5.78 Å². The minimum absolute atomic E-state index is 0.159. The third kappa shape index (κ3) is 2.05. The van der Waals surface area contributed by atoms with E-state index >= 15 is 0 Å². The number of methoxy groups -OCH3 is 1. The van der Waals surface area contributed by atoms with Gasteiger partial charge in [0.15, 0.2) is 5.78 Å². The summed E-state index contributed by atoms with van der Waals surface area (Å²) in [5, 5.41) is 10.9. The molecule has 4 aliphatic carbocycles. The molecule has 0 spiro atoms. The van der Waals surface area contributed by atoms with Crippen LogP contribution in [-0.2, 0) is 9.53 Å². The molecule has 23 heavy (non-hydrogen) atoms. The van der Waals surface area contributed by atoms with Gasteiger partial charge in [0.2, 0.25) is 0 Å². The zero-order chi connectivity index (χ0) is 16.4. The summed E-state index contributed by atoms with van der Waals surface area (Å²) in [5.74, 6) is 1.13. The number of ketones is 1. The lowest BCUT2D eigenvalue weighted by atomic mass is 9.48. The first-order valence-electron chi connectivity index (χ1n) is 9.05. The number of carbonyl (C=O) groups excluding carboxylic acids is 1. The van der Waals surface area contributed by atoms with Crippen molar-refractivity contribution < 1.29 is 14.6 Å². The Morgan fingerprint density at radius 3 is 2.78 bits per heavy atom. The number of rotatable bonds is 1. The van der Waals surface area contributed by atoms with Gasteiger partial charge in [-0.15, -0.1) is 0 Å². The van der Waals surface area contributed by atoms with Crippen LogP contribution < -0.4 is 0 Å². The maximum Gasteiger partial charge on any atom is 0.156 e. The molecule has 0 amide bonds. The summed E-state index contributed by atoms with van der Waals surface area (Å²) in [4.78, 5) is 12.1. The standard InChI is InChI=1S/C20H28O3/c1-19-7-6-14(23-3)8-12(19)4-5-15-16-9-13(21)11-20(16,2)18(22)10-17(15)19/h8-9,14-15,17-18,22H,4-7,10-11H2,1-3H3/t14-,15-,17-,18+,19-,20+/m0/s1. The molecule has 0 unspecified atom stereocenters. The first-order valence-corrected chi connectivity index (χ1v) is 9.05. The topological polar surface area (TPSA) is 46.5 Å². The summed E-state index contributed by atoms with van der Waals surface area (Å²) in [6.07, 6.45) is 9.81. The summed E-state index contributed by atoms with van der Waals surface area (Å²) in [5.41, 5.74) is 2.63. The molecule has 0 bridgehead atoms. The number of hydrogen-bond donors (Lipinski definition) is 1. The molecular formula is C20H28O3. The number of fused-ring (bicyclic) bond motifs is 5. The van der Waals surface area contributed by atoms with E-state index < -0.39 is 6.10 Å². The predicted molar refractivity (Wildman–Crippen MR) is 88.9 cm³/mol. The molecule has 2 saturated carbocycles. The van der Waals surface area contributed by atoms with E-state index in [9.17, 15) is 9.90 Å². The lowest BCUT2D eigenvalue weighted by Crippen LogP contribution is -2.52. The minimum Gasteiger partial charge on any atom is -0.392 e. The Bertz CT molecular complexity index is 604. The Labute approximate surface area is 138 Å². The Hall–Kier alpha value is -0.930. The fourth-order valence-electron chi connectivity index (χ4n) is 6.03. The molecule has 2 fully saturated rings. The lowest BCUT2D eigenvalue weighted by Gasteiger charge is -2.57. The van der Waals surface area contributed by atoms with Gasteiger partial charge in [-0.25, -0.2) is 0 Å². The average Bonchev–Trinajstić information content (AvgIpc) is 2.84. The molecule has 4 rings (SSSR count). The molecule has 0 aromatic carbocycles. The Balaban J connectivity index is 1.73. The molecule has 0 aliphatic heterocycles. The quantitative estimate of drug-likeness (QED) is 0.754. The van der Waals surface area contributed by atoms with Gasteiger partial charge in [-0.1, -0.05) is 31.1 Å². The second-order valence-electron chi connectivity index (χ2n) is 8.59. The van der Waals surface area contributed by atoms with Gasteiger partial charge in [-0.2, -0.15) is 0 Å². The maximum atomic E-state index is 12.1. The molecule has 3 heteroatoms. The monoisotopic (exact) mass is 316 g/mol. The molecule has 0 saturated heterocycles. The largest absolute Gasteiger partial charge is 0.392 e. The Morgan fingerprint density at radius 2 is 2.04 bits per heavy atom. The van der Waals surface area contributed by atoms with Crippen molar-refractivity contribution in [2.75, 3.05) is 7.11 Å². The van der Waals surface area contributed by atoms with Crippen LogP contribution in [0.4, 0.5) is 0 Å². The van der Waals surface area contributed by atoms with E-state index in [1.807, 2.05) is 6.08 Å². The summed E-state index contributed by atoms with van der Waals surface area (Å²) >= 11 is 0. The summed E-state index contributed by atoms with van der Waals surface area (Å²) < 4.78 is 5.56. The van der Waals surface area contributed by atoms with Crippen LogP contribution in [0.2, 0.25) is 0 Å². The molecule has 4 aliphatic rings. The highest BCUT2D eigenvalue weighted by Gasteiger charge is 2.57. The van der Waals surface area contributed by atoms with Crippen LogP contribution in [0.3, 0.4) is 0 Å². The molecule has 0 aromatic rings. The van der Waals surface area contributed by atoms with Crippen molar-refractivity contribution in [3.05, 3.63) is 23.3 Å². The highest BCUT2D eigenvalue weighted by atomic mass is 16.5. The van der Waals surface area contributed by atoms with E-state index in [-0.39, 0.29) is 22.7 Å². The first-order chi connectivity index (χ1) is 10.9. The van der Waals surface area contributed by atoms with Crippen molar-refractivity contribution in [3.8, 4) is 0 Å². The number of ether oxygens (including phenoxy) is 1. The Morgan fingerprint density at radius 1 is 1.26 bits per heavy atom. The fraction of sp³-hybridized carbons (Fsp3) is 0.750. The molecule has 0 radical (unpaired) electrons. The van der Waals surface area contributed by atoms with Gasteiger partial charge in [0.1, 0.15) is 0 Å². The number of allylic oxidation sites excluding steroid dienone is 2. The summed E-state index contributed by atoms with van der Waals surface area (Å²) in [7, 11) is 1.79. The summed E-state index contributed by atoms with van der Waals surface area (Å²) in [6, 6.07) is 0. The summed E-state index contributed by atoms with van der Waals surface area (Å²) in [6.45, 7) is 4.48. The Kier molecular flexibility index (Phi) is 3.41. The predicted octanol–water partition coefficient (Wildman–Crippen LogP) is 3.42. The second-order valence-corrected chi connectivity index (χ2v) is 8.59. The molecule has 0 aromatic heterocycles. The molecular weight excluding hydrogens is 288 g/mol. The van der Waals surface area contributed by atoms with Crippen LogP contribution in [-0.4, -0.2) is 30.2 Å². The van der Waals surface area contributed by atoms with E-state index in [1.165, 1.54) is 11.1 Å². The fourth-order valence-corrected chi connectivity index (χ4v) is 6.03. The van der Waals surface area contributed by atoms with Crippen molar-refractivity contribution in [1.29, 1.82) is 0 Å². The SMILES string of the molecule is CO[C@@H]1C=C2CC[C@H]3C4=CC(=O)C[C@@]4(C)[C@H](O)C[C@@H]3[C@@]2(C)CC1. The number of carbonyl (C=O) groups is 1. The van der Waals surface area contributed by atoms with Crippen LogP contribution in [0, 0.1) is 22.7 Å². The lowest BCUT2D eigenvalue weighted by molar-refractivity contribution is -0.117. The molecule has 1 N–H and O–H groups in total. The minimum atomic E-state index is -0.391. The normalized spacial score (nSPS) is 49.0. The van der Waals surface area contributed by atoms with Crippen LogP contribution in [0.25, 0.3) is 0 Å². The zero-order valence-corrected chi connectivity index (χ0v) is 14.5. The van der Waals surface area contributed by atoms with Gasteiger partial charge >= 0.3 is 0 Å².